The maximum absolute atomic E-state index is 2.44. The Hall–Kier alpha value is -1.30. The van der Waals surface area contributed by atoms with Crippen molar-refractivity contribution in [2.24, 2.45) is 0 Å². The Morgan fingerprint density at radius 2 is 1.32 bits per heavy atom. The summed E-state index contributed by atoms with van der Waals surface area (Å²) < 4.78 is 0. The Labute approximate surface area is 134 Å². The van der Waals surface area contributed by atoms with Gasteiger partial charge in [-0.15, -0.1) is 0 Å². The third-order valence-corrected chi connectivity index (χ3v) is 6.15. The standard InChI is InChI=1S/C22H27/c1-3-12-19(13-4-1)22(16-7-2-8-17-22)21-15-9-11-18-10-5-6-14-20(18)21/h5-6,9-11,14-15H,1-4,7-8,12-13,16-17H2. The molecule has 0 atom stereocenters. The second-order valence-electron chi connectivity index (χ2n) is 7.33. The summed E-state index contributed by atoms with van der Waals surface area (Å²) >= 11 is 0. The molecule has 0 N–H and O–H groups in total. The first-order valence-electron chi connectivity index (χ1n) is 9.24. The topological polar surface area (TPSA) is 0 Å². The van der Waals surface area contributed by atoms with E-state index in [0.29, 0.717) is 5.41 Å². The third-order valence-electron chi connectivity index (χ3n) is 6.15. The van der Waals surface area contributed by atoms with Crippen LogP contribution < -0.4 is 0 Å². The summed E-state index contributed by atoms with van der Waals surface area (Å²) in [4.78, 5) is 0. The van der Waals surface area contributed by atoms with E-state index in [0.717, 1.165) is 0 Å². The Balaban J connectivity index is 1.85. The number of benzene rings is 2. The zero-order valence-corrected chi connectivity index (χ0v) is 13.6. The number of rotatable bonds is 2. The van der Waals surface area contributed by atoms with Gasteiger partial charge in [-0.2, -0.15) is 0 Å². The first-order valence-corrected chi connectivity index (χ1v) is 9.24. The summed E-state index contributed by atoms with van der Waals surface area (Å²) in [5, 5.41) is 2.92. The molecule has 1 radical (unpaired) electrons. The average Bonchev–Trinajstić information content (AvgIpc) is 2.62. The van der Waals surface area contributed by atoms with Gasteiger partial charge < -0.3 is 0 Å². The molecule has 0 aliphatic heterocycles. The van der Waals surface area contributed by atoms with Crippen molar-refractivity contribution in [3.8, 4) is 0 Å². The van der Waals surface area contributed by atoms with Gasteiger partial charge in [0, 0.05) is 5.41 Å². The molecular weight excluding hydrogens is 264 g/mol. The molecule has 0 amide bonds. The van der Waals surface area contributed by atoms with Crippen LogP contribution in [0, 0.1) is 5.92 Å². The number of hydrogen-bond donors (Lipinski definition) is 0. The van der Waals surface area contributed by atoms with Crippen molar-refractivity contribution in [3.63, 3.8) is 0 Å². The van der Waals surface area contributed by atoms with E-state index in [1.807, 2.05) is 5.92 Å². The fourth-order valence-corrected chi connectivity index (χ4v) is 5.07. The molecule has 0 unspecified atom stereocenters. The van der Waals surface area contributed by atoms with Gasteiger partial charge in [0.15, 0.2) is 0 Å². The van der Waals surface area contributed by atoms with E-state index in [1.165, 1.54) is 75.0 Å². The van der Waals surface area contributed by atoms with Gasteiger partial charge in [0.25, 0.3) is 0 Å². The SMILES string of the molecule is c1ccc2c(C3([C]4CCCCC4)CCCCC3)cccc2c1. The summed E-state index contributed by atoms with van der Waals surface area (Å²) in [6, 6.07) is 16.0. The molecule has 0 bridgehead atoms. The highest BCUT2D eigenvalue weighted by atomic mass is 14.5. The van der Waals surface area contributed by atoms with Gasteiger partial charge in [-0.3, -0.25) is 0 Å². The summed E-state index contributed by atoms with van der Waals surface area (Å²) in [5.41, 5.74) is 2.03. The van der Waals surface area contributed by atoms with Crippen molar-refractivity contribution in [1.29, 1.82) is 0 Å². The lowest BCUT2D eigenvalue weighted by Crippen LogP contribution is -2.37. The van der Waals surface area contributed by atoms with E-state index in [4.69, 9.17) is 0 Å². The van der Waals surface area contributed by atoms with E-state index in [2.05, 4.69) is 42.5 Å². The average molecular weight is 291 g/mol. The van der Waals surface area contributed by atoms with Crippen LogP contribution in [0.15, 0.2) is 42.5 Å². The second kappa shape index (κ2) is 6.07. The zero-order chi connectivity index (χ0) is 14.8. The van der Waals surface area contributed by atoms with Gasteiger partial charge >= 0.3 is 0 Å². The van der Waals surface area contributed by atoms with Crippen LogP contribution in [0.4, 0.5) is 0 Å². The molecule has 0 saturated heterocycles. The summed E-state index contributed by atoms with van der Waals surface area (Å²) in [7, 11) is 0. The minimum atomic E-state index is 0.388. The Kier molecular flexibility index (Phi) is 3.94. The minimum absolute atomic E-state index is 0.388. The molecule has 2 aliphatic carbocycles. The quantitative estimate of drug-likeness (QED) is 0.586. The van der Waals surface area contributed by atoms with Crippen LogP contribution in [-0.4, -0.2) is 0 Å². The summed E-state index contributed by atoms with van der Waals surface area (Å²) in [5.74, 6) is 1.88. The Bertz CT molecular complexity index is 622. The van der Waals surface area contributed by atoms with Crippen LogP contribution in [0.2, 0.25) is 0 Å². The van der Waals surface area contributed by atoms with Gasteiger partial charge in [0.2, 0.25) is 0 Å². The van der Waals surface area contributed by atoms with Crippen LogP contribution >= 0.6 is 0 Å². The molecule has 2 aliphatic rings. The maximum Gasteiger partial charge on any atom is 0.00211 e. The number of hydrogen-bond acceptors (Lipinski definition) is 0. The molecule has 2 saturated carbocycles. The maximum atomic E-state index is 2.44. The predicted octanol–water partition coefficient (Wildman–Crippen LogP) is 6.58. The van der Waals surface area contributed by atoms with Gasteiger partial charge in [-0.1, -0.05) is 81.0 Å². The lowest BCUT2D eigenvalue weighted by molar-refractivity contribution is 0.269. The highest BCUT2D eigenvalue weighted by Crippen LogP contribution is 2.52. The molecule has 2 aromatic carbocycles. The highest BCUT2D eigenvalue weighted by Gasteiger charge is 2.42. The lowest BCUT2D eigenvalue weighted by Gasteiger charge is -2.46. The molecule has 2 aromatic rings. The predicted molar refractivity (Wildman–Crippen MR) is 95.0 cm³/mol. The molecule has 0 nitrogen and oxygen atoms in total. The smallest absolute Gasteiger partial charge is 0.00211 e. The van der Waals surface area contributed by atoms with Crippen molar-refractivity contribution in [2.45, 2.75) is 69.6 Å². The minimum Gasteiger partial charge on any atom is -0.0616 e. The van der Waals surface area contributed by atoms with E-state index in [-0.39, 0.29) is 0 Å². The summed E-state index contributed by atoms with van der Waals surface area (Å²) in [6.07, 6.45) is 14.1. The van der Waals surface area contributed by atoms with Crippen molar-refractivity contribution < 1.29 is 0 Å². The summed E-state index contributed by atoms with van der Waals surface area (Å²) in [6.45, 7) is 0. The van der Waals surface area contributed by atoms with Crippen LogP contribution in [-0.2, 0) is 5.41 Å². The van der Waals surface area contributed by atoms with Gasteiger partial charge in [0.1, 0.15) is 0 Å². The monoisotopic (exact) mass is 291 g/mol. The molecule has 4 rings (SSSR count). The largest absolute Gasteiger partial charge is 0.0616 e. The Morgan fingerprint density at radius 3 is 2.14 bits per heavy atom. The molecular formula is C22H27. The van der Waals surface area contributed by atoms with Gasteiger partial charge in [-0.05, 0) is 47.9 Å². The molecule has 0 spiro atoms. The van der Waals surface area contributed by atoms with Gasteiger partial charge in [-0.25, -0.2) is 0 Å². The van der Waals surface area contributed by atoms with Crippen LogP contribution in [0.1, 0.15) is 69.8 Å². The van der Waals surface area contributed by atoms with Crippen molar-refractivity contribution in [1.82, 2.24) is 0 Å². The molecule has 0 aromatic heterocycles. The van der Waals surface area contributed by atoms with Crippen molar-refractivity contribution >= 4 is 10.8 Å². The van der Waals surface area contributed by atoms with Crippen molar-refractivity contribution in [2.75, 3.05) is 0 Å². The van der Waals surface area contributed by atoms with E-state index in [9.17, 15) is 0 Å². The Morgan fingerprint density at radius 1 is 0.636 bits per heavy atom. The fourth-order valence-electron chi connectivity index (χ4n) is 5.07. The van der Waals surface area contributed by atoms with Crippen LogP contribution in [0.3, 0.4) is 0 Å². The van der Waals surface area contributed by atoms with E-state index >= 15 is 0 Å². The third kappa shape index (κ3) is 2.37. The highest BCUT2D eigenvalue weighted by molar-refractivity contribution is 5.87. The van der Waals surface area contributed by atoms with Crippen molar-refractivity contribution in [3.05, 3.63) is 53.9 Å². The molecule has 0 heteroatoms. The zero-order valence-electron chi connectivity index (χ0n) is 13.6. The molecule has 115 valence electrons. The number of fused-ring (bicyclic) bond motifs is 1. The fraction of sp³-hybridized carbons (Fsp3) is 0.500. The van der Waals surface area contributed by atoms with Gasteiger partial charge in [0.05, 0.1) is 0 Å². The first kappa shape index (κ1) is 14.3. The molecule has 2 fully saturated rings. The molecule has 22 heavy (non-hydrogen) atoms. The van der Waals surface area contributed by atoms with Crippen LogP contribution in [0.5, 0.6) is 0 Å². The molecule has 0 heterocycles. The van der Waals surface area contributed by atoms with Crippen LogP contribution in [0.25, 0.3) is 10.8 Å². The second-order valence-corrected chi connectivity index (χ2v) is 7.33. The first-order chi connectivity index (χ1) is 10.9. The van der Waals surface area contributed by atoms with E-state index in [1.54, 1.807) is 5.56 Å². The normalized spacial score (nSPS) is 22.7. The van der Waals surface area contributed by atoms with E-state index < -0.39 is 0 Å². The lowest BCUT2D eigenvalue weighted by atomic mass is 9.58.